The first-order chi connectivity index (χ1) is 25.8. The molecular weight excluding hydrogens is 996 g/mol. The first-order valence-corrected chi connectivity index (χ1v) is 22.4. The topological polar surface area (TPSA) is 86.9 Å². The van der Waals surface area contributed by atoms with Gasteiger partial charge in [-0.05, 0) is 0 Å². The van der Waals surface area contributed by atoms with Gasteiger partial charge in [0, 0.05) is 39.0 Å². The quantitative estimate of drug-likeness (QED) is 0.152. The smallest absolute Gasteiger partial charge is 0 e. The molecule has 55 heavy (non-hydrogen) atoms. The summed E-state index contributed by atoms with van der Waals surface area (Å²) in [6, 6.07) is 42.7. The largest absolute Gasteiger partial charge is 0 e. The van der Waals surface area contributed by atoms with E-state index in [1.54, 1.807) is 29.1 Å². The second-order valence-corrected chi connectivity index (χ2v) is 19.7. The summed E-state index contributed by atoms with van der Waals surface area (Å²) in [5.41, 5.74) is 11.2. The molecule has 4 heterocycles. The third-order valence-corrected chi connectivity index (χ3v) is 16.6. The third-order valence-electron chi connectivity index (χ3n) is 9.60. The fraction of sp³-hybridized carbons (Fsp3) is 0. The molecule has 1 atom stereocenters. The summed E-state index contributed by atoms with van der Waals surface area (Å²) in [5, 5.41) is 8.91. The minimum atomic E-state index is -4.36. The van der Waals surface area contributed by atoms with Crippen LogP contribution in [-0.2, 0) is 50.5 Å². The molecule has 1 unspecified atom stereocenters. The van der Waals surface area contributed by atoms with Crippen LogP contribution in [0.5, 0.6) is 0 Å². The van der Waals surface area contributed by atoms with E-state index in [2.05, 4.69) is 48.3 Å². The maximum absolute atomic E-state index is 13.0. The number of hydrogen-bond acceptors (Lipinski definition) is 5. The molecule has 276 valence electrons. The Labute approximate surface area is 350 Å². The zero-order valence-corrected chi connectivity index (χ0v) is 35.6. The van der Waals surface area contributed by atoms with Crippen LogP contribution in [0.15, 0.2) is 158 Å². The summed E-state index contributed by atoms with van der Waals surface area (Å²) in [5.74, 6) is 0. The van der Waals surface area contributed by atoms with Gasteiger partial charge in [0.2, 0.25) is 0 Å². The SMILES string of the molecule is [CH2-]c1ccccc1-n1cc(-c2ccc3c(c2)[Se](=O)(=O)c2ccccc2-3)cn1.[CH2-]c1ccccc1-n1cc(-c2ccc3c(c2)[Se](=O)c2ccccc2-3)cn1.[Rh].[Rh]. The number of fused-ring (bicyclic) bond motifs is 6. The predicted molar refractivity (Wildman–Crippen MR) is 210 cm³/mol. The Morgan fingerprint density at radius 1 is 0.491 bits per heavy atom. The van der Waals surface area contributed by atoms with Crippen LogP contribution in [0.1, 0.15) is 11.1 Å². The molecule has 2 aliphatic heterocycles. The van der Waals surface area contributed by atoms with Crippen LogP contribution in [-0.4, -0.2) is 46.1 Å². The molecule has 0 amide bonds. The van der Waals surface area contributed by atoms with Crippen LogP contribution < -0.4 is 17.8 Å². The minimum absolute atomic E-state index is 0. The van der Waals surface area contributed by atoms with Gasteiger partial charge >= 0.3 is 315 Å². The van der Waals surface area contributed by atoms with Crippen molar-refractivity contribution in [3.63, 3.8) is 0 Å². The van der Waals surface area contributed by atoms with Gasteiger partial charge in [0.1, 0.15) is 0 Å². The van der Waals surface area contributed by atoms with Gasteiger partial charge in [-0.1, -0.05) is 0 Å². The average Bonchev–Trinajstić information content (AvgIpc) is 3.98. The van der Waals surface area contributed by atoms with Gasteiger partial charge in [0.15, 0.2) is 0 Å². The number of nitrogens with zero attached hydrogens (tertiary/aromatic N) is 4. The van der Waals surface area contributed by atoms with E-state index in [1.165, 1.54) is 0 Å². The Morgan fingerprint density at radius 2 is 0.964 bits per heavy atom. The molecule has 0 fully saturated rings. The molecule has 0 bridgehead atoms. The number of benzene rings is 6. The molecule has 11 heteroatoms. The van der Waals surface area contributed by atoms with Crippen LogP contribution in [0.4, 0.5) is 0 Å². The van der Waals surface area contributed by atoms with Crippen molar-refractivity contribution < 1.29 is 50.5 Å². The molecule has 2 aromatic heterocycles. The second kappa shape index (κ2) is 15.4. The van der Waals surface area contributed by atoms with Crippen molar-refractivity contribution in [3.8, 4) is 55.9 Å². The molecule has 10 rings (SSSR count). The molecule has 7 nitrogen and oxygen atoms in total. The van der Waals surface area contributed by atoms with Gasteiger partial charge in [0.05, 0.1) is 0 Å². The summed E-state index contributed by atoms with van der Waals surface area (Å²) in [6.07, 6.45) is 7.48. The van der Waals surface area contributed by atoms with E-state index < -0.39 is 26.5 Å². The number of aromatic nitrogens is 4. The van der Waals surface area contributed by atoms with Crippen molar-refractivity contribution in [1.29, 1.82) is 0 Å². The normalized spacial score (nSPS) is 13.9. The molecule has 2 aliphatic rings. The Morgan fingerprint density at radius 3 is 1.58 bits per heavy atom. The van der Waals surface area contributed by atoms with Crippen LogP contribution in [0.25, 0.3) is 55.9 Å². The van der Waals surface area contributed by atoms with Crippen molar-refractivity contribution in [2.75, 3.05) is 0 Å². The van der Waals surface area contributed by atoms with E-state index in [4.69, 9.17) is 0 Å². The maximum atomic E-state index is 13.0. The molecule has 0 saturated heterocycles. The number of para-hydroxylation sites is 2. The van der Waals surface area contributed by atoms with Gasteiger partial charge in [0.25, 0.3) is 0 Å². The fourth-order valence-electron chi connectivity index (χ4n) is 6.91. The van der Waals surface area contributed by atoms with Gasteiger partial charge < -0.3 is 0 Å². The standard InChI is InChI=1S/C22H15N2O2Se.C22H15N2OSe.2Rh/c1-15-6-2-4-8-20(15)24-14-17(13-23-24)16-10-11-19-18-7-3-5-9-21(18)27(25,26)22(19)12-16;1-15-6-2-4-8-20(15)24-14-17(13-23-24)16-10-11-19-18-7-3-5-9-21(18)26(25)22(19)12-16;;/h2-14H,1H2;2-14H,1H2;;/q2*-1;;. The molecule has 0 aliphatic carbocycles. The van der Waals surface area contributed by atoms with E-state index in [-0.39, 0.29) is 39.0 Å². The molecule has 0 spiro atoms. The zero-order valence-electron chi connectivity index (χ0n) is 28.9. The van der Waals surface area contributed by atoms with Gasteiger partial charge in [-0.15, -0.1) is 0 Å². The van der Waals surface area contributed by atoms with Crippen molar-refractivity contribution >= 4 is 44.4 Å². The van der Waals surface area contributed by atoms with Gasteiger partial charge in [-0.3, -0.25) is 0 Å². The van der Waals surface area contributed by atoms with E-state index in [0.29, 0.717) is 8.92 Å². The summed E-state index contributed by atoms with van der Waals surface area (Å²) < 4.78 is 45.3. The second-order valence-electron chi connectivity index (χ2n) is 12.8. The van der Waals surface area contributed by atoms with Crippen LogP contribution >= 0.6 is 0 Å². The molecule has 6 aromatic carbocycles. The Hall–Kier alpha value is -4.83. The monoisotopic (exact) mass is 1030 g/mol. The summed E-state index contributed by atoms with van der Waals surface area (Å²) >= 11 is -6.55. The van der Waals surface area contributed by atoms with E-state index in [9.17, 15) is 11.5 Å². The summed E-state index contributed by atoms with van der Waals surface area (Å²) in [4.78, 5) is 0. The van der Waals surface area contributed by atoms with Crippen molar-refractivity contribution in [2.45, 2.75) is 0 Å². The van der Waals surface area contributed by atoms with Crippen LogP contribution in [0, 0.1) is 13.8 Å². The Balaban J connectivity index is 0.000000163. The van der Waals surface area contributed by atoms with Crippen molar-refractivity contribution in [2.24, 2.45) is 0 Å². The molecule has 8 aromatic rings. The summed E-state index contributed by atoms with van der Waals surface area (Å²) in [6.45, 7) is 8.09. The van der Waals surface area contributed by atoms with Gasteiger partial charge in [-0.2, -0.15) is 0 Å². The number of hydrogen-bond donors (Lipinski definition) is 0. The third kappa shape index (κ3) is 6.76. The first kappa shape index (κ1) is 38.4. The maximum Gasteiger partial charge on any atom is 0 e. The summed E-state index contributed by atoms with van der Waals surface area (Å²) in [7, 11) is 0. The molecule has 2 radical (unpaired) electrons. The Kier molecular flexibility index (Phi) is 10.7. The molecular formula is C44H30N4O3Rh2Se2-2. The fourth-order valence-corrected chi connectivity index (χ4v) is 13.5. The predicted octanol–water partition coefficient (Wildman–Crippen LogP) is 6.35. The average molecular weight is 1030 g/mol. The van der Waals surface area contributed by atoms with Gasteiger partial charge in [-0.25, -0.2) is 0 Å². The number of rotatable bonds is 4. The minimum Gasteiger partial charge on any atom is 0 e. The van der Waals surface area contributed by atoms with Crippen LogP contribution in [0.3, 0.4) is 0 Å². The van der Waals surface area contributed by atoms with Crippen molar-refractivity contribution in [1.82, 2.24) is 19.6 Å². The van der Waals surface area contributed by atoms with E-state index >= 15 is 0 Å². The van der Waals surface area contributed by atoms with Crippen LogP contribution in [0.2, 0.25) is 0 Å². The van der Waals surface area contributed by atoms with Crippen molar-refractivity contribution in [3.05, 3.63) is 183 Å². The Bertz CT molecular complexity index is 2880. The zero-order chi connectivity index (χ0) is 36.3. The van der Waals surface area contributed by atoms with E-state index in [0.717, 1.165) is 75.9 Å². The first-order valence-electron chi connectivity index (χ1n) is 16.8. The molecule has 0 saturated carbocycles. The molecule has 0 N–H and O–H groups in total. The van der Waals surface area contributed by atoms with E-state index in [1.807, 2.05) is 114 Å².